The van der Waals surface area contributed by atoms with E-state index in [1.54, 1.807) is 0 Å². The van der Waals surface area contributed by atoms with Gasteiger partial charge in [0.05, 0.1) is 19.3 Å². The molecule has 2 aliphatic heterocycles. The Hall–Kier alpha value is -0.920. The van der Waals surface area contributed by atoms with E-state index in [4.69, 9.17) is 9.47 Å². The molecule has 2 rings (SSSR count). The van der Waals surface area contributed by atoms with E-state index in [1.807, 2.05) is 0 Å². The summed E-state index contributed by atoms with van der Waals surface area (Å²) in [7, 11) is 0. The number of nitro groups is 1. The van der Waals surface area contributed by atoms with E-state index < -0.39 is 5.03 Å². The summed E-state index contributed by atoms with van der Waals surface area (Å²) in [6, 6.07) is 0. The lowest BCUT2D eigenvalue weighted by molar-refractivity contribution is -0.654. The molecule has 1 unspecified atom stereocenters. The molecule has 7 nitrogen and oxygen atoms in total. The van der Waals surface area contributed by atoms with Crippen LogP contribution in [0.3, 0.4) is 0 Å². The van der Waals surface area contributed by atoms with Gasteiger partial charge in [-0.25, -0.2) is 10.1 Å². The van der Waals surface area contributed by atoms with E-state index >= 15 is 0 Å². The zero-order valence-electron chi connectivity index (χ0n) is 8.50. The molecule has 0 aromatic carbocycles. The number of hydrogen-bond donors (Lipinski definition) is 0. The molecule has 7 heteroatoms. The summed E-state index contributed by atoms with van der Waals surface area (Å²) in [5.74, 6) is 0. The van der Waals surface area contributed by atoms with Gasteiger partial charge in [-0.05, 0) is 0 Å². The van der Waals surface area contributed by atoms with Crippen LogP contribution in [0.5, 0.6) is 0 Å². The second-order valence-electron chi connectivity index (χ2n) is 3.76. The minimum absolute atomic E-state index is 0.0477. The van der Waals surface area contributed by atoms with Gasteiger partial charge < -0.3 is 9.47 Å². The maximum atomic E-state index is 10.5. The van der Waals surface area contributed by atoms with Crippen molar-refractivity contribution in [1.29, 1.82) is 0 Å². The molecular weight excluding hydrogens is 202 g/mol. The quantitative estimate of drug-likeness (QED) is 0.454. The Labute approximate surface area is 87.7 Å². The number of ether oxygens (including phenoxy) is 2. The third-order valence-corrected chi connectivity index (χ3v) is 2.67. The fourth-order valence-corrected chi connectivity index (χ4v) is 1.83. The van der Waals surface area contributed by atoms with Crippen molar-refractivity contribution in [2.75, 3.05) is 46.1 Å². The van der Waals surface area contributed by atoms with Crippen molar-refractivity contribution in [2.45, 2.75) is 6.10 Å². The molecule has 0 saturated carbocycles. The van der Waals surface area contributed by atoms with Crippen molar-refractivity contribution in [3.63, 3.8) is 0 Å². The topological polar surface area (TPSA) is 68.1 Å². The largest absolute Gasteiger partial charge is 0.379 e. The Morgan fingerprint density at radius 1 is 1.40 bits per heavy atom. The Balaban J connectivity index is 1.74. The van der Waals surface area contributed by atoms with Crippen LogP contribution in [0, 0.1) is 10.1 Å². The second kappa shape index (κ2) is 4.73. The van der Waals surface area contributed by atoms with Crippen molar-refractivity contribution >= 4 is 0 Å². The van der Waals surface area contributed by atoms with E-state index in [0.29, 0.717) is 6.54 Å². The zero-order chi connectivity index (χ0) is 10.7. The highest BCUT2D eigenvalue weighted by Gasteiger charge is 2.31. The maximum absolute atomic E-state index is 10.5. The van der Waals surface area contributed by atoms with E-state index in [-0.39, 0.29) is 12.8 Å². The first-order valence-electron chi connectivity index (χ1n) is 5.06. The van der Waals surface area contributed by atoms with Gasteiger partial charge in [0.1, 0.15) is 6.54 Å². The highest BCUT2D eigenvalue weighted by molar-refractivity contribution is 4.72. The molecule has 0 bridgehead atoms. The third kappa shape index (κ3) is 2.77. The SMILES string of the molecule is O=[N+]([O-])N1COC(CN2CCOCC2)C1. The monoisotopic (exact) mass is 217 g/mol. The molecule has 0 spiro atoms. The molecular formula is C8H15N3O4. The molecule has 2 aliphatic rings. The lowest BCUT2D eigenvalue weighted by Gasteiger charge is -2.28. The lowest BCUT2D eigenvalue weighted by atomic mass is 10.3. The van der Waals surface area contributed by atoms with Crippen LogP contribution in [-0.2, 0) is 9.47 Å². The summed E-state index contributed by atoms with van der Waals surface area (Å²) in [6.45, 7) is 4.49. The van der Waals surface area contributed by atoms with Crippen LogP contribution < -0.4 is 0 Å². The first kappa shape index (κ1) is 10.6. The summed E-state index contributed by atoms with van der Waals surface area (Å²) in [5, 5.41) is 11.2. The van der Waals surface area contributed by atoms with Crippen molar-refractivity contribution in [2.24, 2.45) is 0 Å². The summed E-state index contributed by atoms with van der Waals surface area (Å²) in [6.07, 6.45) is -0.0477. The van der Waals surface area contributed by atoms with Crippen molar-refractivity contribution in [1.82, 2.24) is 9.91 Å². The van der Waals surface area contributed by atoms with Gasteiger partial charge in [0.15, 0.2) is 11.8 Å². The zero-order valence-corrected chi connectivity index (χ0v) is 8.50. The normalized spacial score (nSPS) is 28.3. The molecule has 0 amide bonds. The summed E-state index contributed by atoms with van der Waals surface area (Å²) in [4.78, 5) is 12.7. The number of hydrazine groups is 1. The molecule has 86 valence electrons. The average Bonchev–Trinajstić information content (AvgIpc) is 2.68. The van der Waals surface area contributed by atoms with Gasteiger partial charge in [0, 0.05) is 19.6 Å². The second-order valence-corrected chi connectivity index (χ2v) is 3.76. The molecule has 2 fully saturated rings. The fourth-order valence-electron chi connectivity index (χ4n) is 1.83. The van der Waals surface area contributed by atoms with Crippen LogP contribution in [0.1, 0.15) is 0 Å². The Bertz CT molecular complexity index is 232. The molecule has 2 saturated heterocycles. The van der Waals surface area contributed by atoms with Crippen molar-refractivity contribution in [3.05, 3.63) is 10.1 Å². The van der Waals surface area contributed by atoms with Crippen molar-refractivity contribution in [3.8, 4) is 0 Å². The number of nitrogens with zero attached hydrogens (tertiary/aromatic N) is 3. The number of morpholine rings is 1. The number of rotatable bonds is 3. The van der Waals surface area contributed by atoms with E-state index in [1.165, 1.54) is 0 Å². The molecule has 2 heterocycles. The van der Waals surface area contributed by atoms with E-state index in [2.05, 4.69) is 4.90 Å². The minimum atomic E-state index is -0.403. The van der Waals surface area contributed by atoms with Crippen LogP contribution in [0.4, 0.5) is 0 Å². The average molecular weight is 217 g/mol. The van der Waals surface area contributed by atoms with Gasteiger partial charge in [-0.1, -0.05) is 0 Å². The molecule has 0 aromatic rings. The van der Waals surface area contributed by atoms with Crippen LogP contribution in [0.25, 0.3) is 0 Å². The van der Waals surface area contributed by atoms with Gasteiger partial charge >= 0.3 is 0 Å². The van der Waals surface area contributed by atoms with Gasteiger partial charge in [-0.2, -0.15) is 0 Å². The predicted molar refractivity (Wildman–Crippen MR) is 50.7 cm³/mol. The first-order valence-corrected chi connectivity index (χ1v) is 5.06. The highest BCUT2D eigenvalue weighted by Crippen LogP contribution is 2.10. The predicted octanol–water partition coefficient (Wildman–Crippen LogP) is -0.831. The van der Waals surface area contributed by atoms with Crippen LogP contribution in [0.15, 0.2) is 0 Å². The van der Waals surface area contributed by atoms with Crippen LogP contribution >= 0.6 is 0 Å². The Morgan fingerprint density at radius 2 is 2.13 bits per heavy atom. The third-order valence-electron chi connectivity index (χ3n) is 2.67. The Kier molecular flexibility index (Phi) is 3.34. The standard InChI is InChI=1S/C8H15N3O4/c12-11(13)10-6-8(15-7-10)5-9-1-3-14-4-2-9/h8H,1-7H2. The molecule has 0 N–H and O–H groups in total. The van der Waals surface area contributed by atoms with Gasteiger partial charge in [0.2, 0.25) is 0 Å². The van der Waals surface area contributed by atoms with Crippen LogP contribution in [0.2, 0.25) is 0 Å². The fraction of sp³-hybridized carbons (Fsp3) is 1.00. The Morgan fingerprint density at radius 3 is 2.73 bits per heavy atom. The lowest BCUT2D eigenvalue weighted by Crippen LogP contribution is -2.42. The van der Waals surface area contributed by atoms with Gasteiger partial charge in [-0.15, -0.1) is 5.01 Å². The van der Waals surface area contributed by atoms with Crippen LogP contribution in [-0.4, -0.2) is 67.2 Å². The molecule has 15 heavy (non-hydrogen) atoms. The molecule has 1 atom stereocenters. The van der Waals surface area contributed by atoms with E-state index in [9.17, 15) is 10.1 Å². The van der Waals surface area contributed by atoms with Gasteiger partial charge in [-0.3, -0.25) is 4.90 Å². The van der Waals surface area contributed by atoms with Crippen molar-refractivity contribution < 1.29 is 14.5 Å². The maximum Gasteiger partial charge on any atom is 0.177 e. The molecule has 0 radical (unpaired) electrons. The smallest absolute Gasteiger partial charge is 0.177 e. The highest BCUT2D eigenvalue weighted by atomic mass is 16.7. The molecule has 0 aromatic heterocycles. The minimum Gasteiger partial charge on any atom is -0.379 e. The van der Waals surface area contributed by atoms with E-state index in [0.717, 1.165) is 37.9 Å². The van der Waals surface area contributed by atoms with Gasteiger partial charge in [0.25, 0.3) is 0 Å². The summed E-state index contributed by atoms with van der Waals surface area (Å²) < 4.78 is 10.6. The summed E-state index contributed by atoms with van der Waals surface area (Å²) in [5.41, 5.74) is 0. The molecule has 0 aliphatic carbocycles. The number of hydrogen-bond acceptors (Lipinski definition) is 5. The summed E-state index contributed by atoms with van der Waals surface area (Å²) >= 11 is 0. The first-order chi connectivity index (χ1) is 7.25.